The largest absolute Gasteiger partial charge is 0.381 e. The molecule has 2 fully saturated rings. The van der Waals surface area contributed by atoms with E-state index < -0.39 is 0 Å². The predicted molar refractivity (Wildman–Crippen MR) is 78.4 cm³/mol. The van der Waals surface area contributed by atoms with Crippen LogP contribution in [0.4, 0.5) is 0 Å². The molecule has 1 aromatic rings. The first-order valence-electron chi connectivity index (χ1n) is 7.79. The Kier molecular flexibility index (Phi) is 4.19. The minimum Gasteiger partial charge on any atom is -0.381 e. The molecule has 0 aromatic heterocycles. The van der Waals surface area contributed by atoms with E-state index in [1.807, 2.05) is 0 Å². The fraction of sp³-hybridized carbons (Fsp3) is 0.647. The number of hydrogen-bond acceptors (Lipinski definition) is 2. The molecule has 0 radical (unpaired) electrons. The lowest BCUT2D eigenvalue weighted by atomic mass is 9.79. The first kappa shape index (κ1) is 13.1. The Balaban J connectivity index is 1.73. The van der Waals surface area contributed by atoms with Crippen molar-refractivity contribution in [1.82, 2.24) is 5.32 Å². The van der Waals surface area contributed by atoms with Crippen LogP contribution in [-0.2, 0) is 4.74 Å². The molecule has 2 unspecified atom stereocenters. The van der Waals surface area contributed by atoms with Crippen molar-refractivity contribution >= 4 is 0 Å². The Labute approximate surface area is 116 Å². The minimum atomic E-state index is 0.461. The van der Waals surface area contributed by atoms with Gasteiger partial charge in [-0.15, -0.1) is 0 Å². The second-order valence-electron chi connectivity index (χ2n) is 5.95. The van der Waals surface area contributed by atoms with Crippen LogP contribution in [0.15, 0.2) is 24.3 Å². The summed E-state index contributed by atoms with van der Waals surface area (Å²) in [5, 5.41) is 3.64. The molecule has 1 aliphatic carbocycles. The smallest absolute Gasteiger partial charge is 0.0513 e. The molecule has 3 rings (SSSR count). The van der Waals surface area contributed by atoms with Gasteiger partial charge in [0.15, 0.2) is 0 Å². The van der Waals surface area contributed by atoms with Crippen LogP contribution in [0.2, 0.25) is 0 Å². The highest BCUT2D eigenvalue weighted by atomic mass is 16.5. The van der Waals surface area contributed by atoms with E-state index in [1.165, 1.54) is 36.8 Å². The molecular weight excluding hydrogens is 234 g/mol. The molecule has 2 heteroatoms. The highest BCUT2D eigenvalue weighted by Gasteiger charge is 2.27. The lowest BCUT2D eigenvalue weighted by molar-refractivity contribution is 0.177. The average molecular weight is 259 g/mol. The van der Waals surface area contributed by atoms with E-state index in [1.54, 1.807) is 0 Å². The zero-order chi connectivity index (χ0) is 13.1. The number of ether oxygens (including phenoxy) is 1. The lowest BCUT2D eigenvalue weighted by Gasteiger charge is -2.27. The van der Waals surface area contributed by atoms with Gasteiger partial charge in [-0.2, -0.15) is 0 Å². The maximum atomic E-state index is 5.55. The molecular formula is C17H25NO. The van der Waals surface area contributed by atoms with Crippen molar-refractivity contribution in [3.05, 3.63) is 35.4 Å². The third-order valence-electron chi connectivity index (χ3n) is 4.73. The van der Waals surface area contributed by atoms with Gasteiger partial charge >= 0.3 is 0 Å². The van der Waals surface area contributed by atoms with Crippen molar-refractivity contribution in [3.8, 4) is 0 Å². The zero-order valence-electron chi connectivity index (χ0n) is 11.9. The molecule has 1 N–H and O–H groups in total. The molecule has 0 spiro atoms. The van der Waals surface area contributed by atoms with Crippen LogP contribution in [0, 0.1) is 5.92 Å². The van der Waals surface area contributed by atoms with Crippen LogP contribution in [-0.4, -0.2) is 19.8 Å². The molecule has 0 amide bonds. The normalized spacial score (nSPS) is 25.2. The van der Waals surface area contributed by atoms with Crippen LogP contribution in [0.1, 0.15) is 55.7 Å². The van der Waals surface area contributed by atoms with Crippen molar-refractivity contribution in [3.63, 3.8) is 0 Å². The predicted octanol–water partition coefficient (Wildman–Crippen LogP) is 3.64. The summed E-state index contributed by atoms with van der Waals surface area (Å²) < 4.78 is 5.55. The molecule has 2 nitrogen and oxygen atoms in total. The molecule has 1 saturated carbocycles. The summed E-state index contributed by atoms with van der Waals surface area (Å²) in [4.78, 5) is 0. The van der Waals surface area contributed by atoms with Gasteiger partial charge in [-0.25, -0.2) is 0 Å². The third kappa shape index (κ3) is 2.85. The van der Waals surface area contributed by atoms with Crippen LogP contribution >= 0.6 is 0 Å². The van der Waals surface area contributed by atoms with Gasteiger partial charge in [0.2, 0.25) is 0 Å². The van der Waals surface area contributed by atoms with Crippen molar-refractivity contribution in [2.24, 2.45) is 5.92 Å². The van der Waals surface area contributed by atoms with Crippen LogP contribution in [0.3, 0.4) is 0 Å². The molecule has 1 saturated heterocycles. The van der Waals surface area contributed by atoms with Crippen LogP contribution < -0.4 is 5.32 Å². The maximum Gasteiger partial charge on any atom is 0.0513 e. The standard InChI is InChI=1S/C17H25NO/c1-2-18-17(16-10-11-19-12-16)15-8-6-14(7-9-15)13-4-3-5-13/h6-9,13,16-18H,2-5,10-12H2,1H3. The minimum absolute atomic E-state index is 0.461. The van der Waals surface area contributed by atoms with Gasteiger partial charge in [0.05, 0.1) is 6.61 Å². The van der Waals surface area contributed by atoms with Gasteiger partial charge < -0.3 is 10.1 Å². The number of nitrogens with one attached hydrogen (secondary N) is 1. The van der Waals surface area contributed by atoms with E-state index >= 15 is 0 Å². The molecule has 1 aromatic carbocycles. The molecule has 1 heterocycles. The first-order chi connectivity index (χ1) is 9.38. The van der Waals surface area contributed by atoms with Gasteiger partial charge in [-0.3, -0.25) is 0 Å². The van der Waals surface area contributed by atoms with Gasteiger partial charge in [0, 0.05) is 18.6 Å². The fourth-order valence-electron chi connectivity index (χ4n) is 3.31. The SMILES string of the molecule is CCNC(c1ccc(C2CCC2)cc1)C1CCOC1. The number of rotatable bonds is 5. The topological polar surface area (TPSA) is 21.3 Å². The van der Waals surface area contributed by atoms with Crippen molar-refractivity contribution in [2.45, 2.75) is 44.6 Å². The third-order valence-corrected chi connectivity index (χ3v) is 4.73. The van der Waals surface area contributed by atoms with E-state index in [-0.39, 0.29) is 0 Å². The first-order valence-corrected chi connectivity index (χ1v) is 7.79. The van der Waals surface area contributed by atoms with Crippen molar-refractivity contribution in [1.29, 1.82) is 0 Å². The molecule has 2 aliphatic rings. The highest BCUT2D eigenvalue weighted by molar-refractivity contribution is 5.29. The Morgan fingerprint density at radius 1 is 1.21 bits per heavy atom. The molecule has 1 aliphatic heterocycles. The molecule has 0 bridgehead atoms. The van der Waals surface area contributed by atoms with Crippen LogP contribution in [0.25, 0.3) is 0 Å². The molecule has 19 heavy (non-hydrogen) atoms. The van der Waals surface area contributed by atoms with Gasteiger partial charge in [-0.1, -0.05) is 37.6 Å². The van der Waals surface area contributed by atoms with E-state index in [9.17, 15) is 0 Å². The van der Waals surface area contributed by atoms with E-state index in [0.29, 0.717) is 12.0 Å². The number of hydrogen-bond donors (Lipinski definition) is 1. The highest BCUT2D eigenvalue weighted by Crippen LogP contribution is 2.37. The summed E-state index contributed by atoms with van der Waals surface area (Å²) in [7, 11) is 0. The van der Waals surface area contributed by atoms with Crippen molar-refractivity contribution < 1.29 is 4.74 Å². The summed E-state index contributed by atoms with van der Waals surface area (Å²) in [5.74, 6) is 1.47. The van der Waals surface area contributed by atoms with E-state index in [2.05, 4.69) is 36.5 Å². The van der Waals surface area contributed by atoms with E-state index in [0.717, 1.165) is 25.7 Å². The van der Waals surface area contributed by atoms with Crippen LogP contribution in [0.5, 0.6) is 0 Å². The van der Waals surface area contributed by atoms with Gasteiger partial charge in [0.25, 0.3) is 0 Å². The second kappa shape index (κ2) is 6.06. The molecule has 2 atom stereocenters. The zero-order valence-corrected chi connectivity index (χ0v) is 11.9. The average Bonchev–Trinajstić information content (AvgIpc) is 2.89. The summed E-state index contributed by atoms with van der Waals surface area (Å²) in [6.45, 7) is 5.03. The Morgan fingerprint density at radius 2 is 2.00 bits per heavy atom. The summed E-state index contributed by atoms with van der Waals surface area (Å²) in [6, 6.07) is 9.82. The van der Waals surface area contributed by atoms with E-state index in [4.69, 9.17) is 4.74 Å². The quantitative estimate of drug-likeness (QED) is 0.871. The van der Waals surface area contributed by atoms with Crippen molar-refractivity contribution in [2.75, 3.05) is 19.8 Å². The lowest BCUT2D eigenvalue weighted by Crippen LogP contribution is -2.28. The summed E-state index contributed by atoms with van der Waals surface area (Å²) >= 11 is 0. The van der Waals surface area contributed by atoms with Gasteiger partial charge in [0.1, 0.15) is 0 Å². The fourth-order valence-corrected chi connectivity index (χ4v) is 3.31. The summed E-state index contributed by atoms with van der Waals surface area (Å²) in [6.07, 6.45) is 5.35. The molecule has 104 valence electrons. The Morgan fingerprint density at radius 3 is 2.53 bits per heavy atom. The Hall–Kier alpha value is -0.860. The summed E-state index contributed by atoms with van der Waals surface area (Å²) in [5.41, 5.74) is 2.97. The second-order valence-corrected chi connectivity index (χ2v) is 5.95. The number of benzene rings is 1. The van der Waals surface area contributed by atoms with Gasteiger partial charge in [-0.05, 0) is 42.9 Å². The monoisotopic (exact) mass is 259 g/mol. The Bertz CT molecular complexity index is 390. The maximum absolute atomic E-state index is 5.55.